The van der Waals surface area contributed by atoms with E-state index in [2.05, 4.69) is 36.6 Å². The minimum Gasteiger partial charge on any atom is -0.211 e. The van der Waals surface area contributed by atoms with Crippen molar-refractivity contribution >= 4 is 53.6 Å². The average Bonchev–Trinajstić information content (AvgIpc) is 2.28. The Hall–Kier alpha value is 0.440. The van der Waals surface area contributed by atoms with Gasteiger partial charge in [-0.3, -0.25) is 0 Å². The van der Waals surface area contributed by atoms with Crippen LogP contribution in [-0.4, -0.2) is 27.0 Å². The Labute approximate surface area is 129 Å². The van der Waals surface area contributed by atoms with E-state index < -0.39 is 10.0 Å². The molecule has 0 aliphatic carbocycles. The number of hydrogen-bond acceptors (Lipinski definition) is 3. The lowest BCUT2D eigenvalue weighted by Crippen LogP contribution is -2.25. The summed E-state index contributed by atoms with van der Waals surface area (Å²) in [6.45, 7) is 0.478. The van der Waals surface area contributed by atoms with Gasteiger partial charge < -0.3 is 0 Å². The molecule has 102 valence electrons. The van der Waals surface area contributed by atoms with Crippen LogP contribution in [0.4, 0.5) is 0 Å². The van der Waals surface area contributed by atoms with Gasteiger partial charge in [-0.1, -0.05) is 15.9 Å². The van der Waals surface area contributed by atoms with Gasteiger partial charge in [0.25, 0.3) is 0 Å². The second kappa shape index (κ2) is 7.89. The molecule has 0 aliphatic rings. The van der Waals surface area contributed by atoms with E-state index in [0.29, 0.717) is 11.0 Å². The van der Waals surface area contributed by atoms with Crippen molar-refractivity contribution in [2.75, 3.05) is 18.6 Å². The lowest BCUT2D eigenvalue weighted by Gasteiger charge is -2.08. The Kier molecular flexibility index (Phi) is 7.23. The van der Waals surface area contributed by atoms with Crippen molar-refractivity contribution in [2.45, 2.75) is 17.7 Å². The van der Waals surface area contributed by atoms with Crippen LogP contribution in [0.5, 0.6) is 0 Å². The summed E-state index contributed by atoms with van der Waals surface area (Å²) < 4.78 is 28.1. The zero-order chi connectivity index (χ0) is 13.6. The standard InChI is InChI=1S/C11H15Br2NO2S2/c1-17-7-3-2-6-14-18(15,16)11-5-4-9(12)8-10(11)13/h4-5,8,14H,2-3,6-7H2,1H3. The largest absolute Gasteiger partial charge is 0.241 e. The van der Waals surface area contributed by atoms with Gasteiger partial charge in [-0.25, -0.2) is 13.1 Å². The molecule has 3 nitrogen and oxygen atoms in total. The van der Waals surface area contributed by atoms with Crippen molar-refractivity contribution in [3.63, 3.8) is 0 Å². The molecule has 0 radical (unpaired) electrons. The SMILES string of the molecule is CSCCCCNS(=O)(=O)c1ccc(Br)cc1Br. The summed E-state index contributed by atoms with van der Waals surface area (Å²) in [6.07, 6.45) is 3.92. The summed E-state index contributed by atoms with van der Waals surface area (Å²) in [4.78, 5) is 0.274. The normalized spacial score (nSPS) is 11.7. The summed E-state index contributed by atoms with van der Waals surface area (Å²) in [5.74, 6) is 1.06. The molecule has 0 unspecified atom stereocenters. The van der Waals surface area contributed by atoms with E-state index in [-0.39, 0.29) is 4.90 Å². The number of thioether (sulfide) groups is 1. The van der Waals surface area contributed by atoms with Gasteiger partial charge in [0.1, 0.15) is 0 Å². The van der Waals surface area contributed by atoms with Gasteiger partial charge in [0, 0.05) is 15.5 Å². The van der Waals surface area contributed by atoms with Gasteiger partial charge in [-0.05, 0) is 59.0 Å². The third-order valence-corrected chi connectivity index (χ3v) is 5.88. The van der Waals surface area contributed by atoms with Crippen LogP contribution in [0.25, 0.3) is 0 Å². The molecule has 18 heavy (non-hydrogen) atoms. The molecule has 0 bridgehead atoms. The molecule has 0 fully saturated rings. The quantitative estimate of drug-likeness (QED) is 0.690. The minimum absolute atomic E-state index is 0.274. The molecular weight excluding hydrogens is 402 g/mol. The number of nitrogens with one attached hydrogen (secondary N) is 1. The molecule has 0 heterocycles. The molecule has 0 amide bonds. The van der Waals surface area contributed by atoms with Gasteiger partial charge in [-0.2, -0.15) is 11.8 Å². The lowest BCUT2D eigenvalue weighted by molar-refractivity contribution is 0.578. The van der Waals surface area contributed by atoms with Gasteiger partial charge in [0.2, 0.25) is 10.0 Å². The molecule has 1 aromatic rings. The molecular formula is C11H15Br2NO2S2. The van der Waals surface area contributed by atoms with Crippen molar-refractivity contribution in [2.24, 2.45) is 0 Å². The molecule has 0 aromatic heterocycles. The summed E-state index contributed by atoms with van der Waals surface area (Å²) in [5.41, 5.74) is 0. The molecule has 0 atom stereocenters. The van der Waals surface area contributed by atoms with Crippen molar-refractivity contribution < 1.29 is 8.42 Å². The maximum atomic E-state index is 12.0. The fraction of sp³-hybridized carbons (Fsp3) is 0.455. The predicted molar refractivity (Wildman–Crippen MR) is 84.6 cm³/mol. The van der Waals surface area contributed by atoms with E-state index in [4.69, 9.17) is 0 Å². The number of sulfonamides is 1. The van der Waals surface area contributed by atoms with E-state index in [9.17, 15) is 8.42 Å². The van der Waals surface area contributed by atoms with Crippen molar-refractivity contribution in [3.05, 3.63) is 27.1 Å². The van der Waals surface area contributed by atoms with E-state index in [1.54, 1.807) is 30.0 Å². The topological polar surface area (TPSA) is 46.2 Å². The van der Waals surface area contributed by atoms with Crippen LogP contribution in [0.1, 0.15) is 12.8 Å². The summed E-state index contributed by atoms with van der Waals surface area (Å²) >= 11 is 8.33. The highest BCUT2D eigenvalue weighted by Crippen LogP contribution is 2.25. The molecule has 1 rings (SSSR count). The Morgan fingerprint density at radius 2 is 2.00 bits per heavy atom. The first-order chi connectivity index (χ1) is 8.47. The van der Waals surface area contributed by atoms with Crippen molar-refractivity contribution in [3.8, 4) is 0 Å². The first kappa shape index (κ1) is 16.5. The fourth-order valence-electron chi connectivity index (χ4n) is 1.35. The maximum absolute atomic E-state index is 12.0. The van der Waals surface area contributed by atoms with Crippen LogP contribution in [0.2, 0.25) is 0 Å². The third kappa shape index (κ3) is 5.21. The van der Waals surface area contributed by atoms with E-state index in [1.807, 2.05) is 6.26 Å². The molecule has 1 N–H and O–H groups in total. The van der Waals surface area contributed by atoms with E-state index >= 15 is 0 Å². The van der Waals surface area contributed by atoms with Gasteiger partial charge >= 0.3 is 0 Å². The Balaban J connectivity index is 2.63. The highest BCUT2D eigenvalue weighted by molar-refractivity contribution is 9.11. The van der Waals surface area contributed by atoms with Gasteiger partial charge in [-0.15, -0.1) is 0 Å². The maximum Gasteiger partial charge on any atom is 0.241 e. The Morgan fingerprint density at radius 3 is 2.61 bits per heavy atom. The van der Waals surface area contributed by atoms with Crippen LogP contribution < -0.4 is 4.72 Å². The van der Waals surface area contributed by atoms with Crippen molar-refractivity contribution in [1.29, 1.82) is 0 Å². The molecule has 0 saturated carbocycles. The zero-order valence-electron chi connectivity index (χ0n) is 9.95. The van der Waals surface area contributed by atoms with E-state index in [0.717, 1.165) is 23.1 Å². The number of unbranched alkanes of at least 4 members (excludes halogenated alkanes) is 1. The Morgan fingerprint density at radius 1 is 1.28 bits per heavy atom. The first-order valence-corrected chi connectivity index (χ1v) is 9.87. The second-order valence-electron chi connectivity index (χ2n) is 3.67. The van der Waals surface area contributed by atoms with Crippen molar-refractivity contribution in [1.82, 2.24) is 4.72 Å². The van der Waals surface area contributed by atoms with Crippen LogP contribution in [0.3, 0.4) is 0 Å². The molecule has 0 saturated heterocycles. The van der Waals surface area contributed by atoms with E-state index in [1.165, 1.54) is 0 Å². The monoisotopic (exact) mass is 415 g/mol. The number of halogens is 2. The summed E-state index contributed by atoms with van der Waals surface area (Å²) in [6, 6.07) is 5.02. The summed E-state index contributed by atoms with van der Waals surface area (Å²) in [7, 11) is -3.42. The number of benzene rings is 1. The third-order valence-electron chi connectivity index (χ3n) is 2.25. The fourth-order valence-corrected chi connectivity index (χ4v) is 4.66. The first-order valence-electron chi connectivity index (χ1n) is 5.41. The minimum atomic E-state index is -3.42. The lowest BCUT2D eigenvalue weighted by atomic mass is 10.3. The van der Waals surface area contributed by atoms with Crippen LogP contribution in [0, 0.1) is 0 Å². The predicted octanol–water partition coefficient (Wildman–Crippen LogP) is 3.63. The van der Waals surface area contributed by atoms with Crippen LogP contribution in [0.15, 0.2) is 32.0 Å². The van der Waals surface area contributed by atoms with Crippen LogP contribution >= 0.6 is 43.6 Å². The number of hydrogen-bond donors (Lipinski definition) is 1. The zero-order valence-corrected chi connectivity index (χ0v) is 14.8. The molecule has 0 spiro atoms. The molecule has 0 aliphatic heterocycles. The summed E-state index contributed by atoms with van der Waals surface area (Å²) in [5, 5.41) is 0. The van der Waals surface area contributed by atoms with Crippen LogP contribution in [-0.2, 0) is 10.0 Å². The van der Waals surface area contributed by atoms with Gasteiger partial charge in [0.15, 0.2) is 0 Å². The highest BCUT2D eigenvalue weighted by atomic mass is 79.9. The molecule has 1 aromatic carbocycles. The number of rotatable bonds is 7. The second-order valence-corrected chi connectivity index (χ2v) is 8.16. The smallest absolute Gasteiger partial charge is 0.211 e. The van der Waals surface area contributed by atoms with Gasteiger partial charge in [0.05, 0.1) is 4.90 Å². The average molecular weight is 417 g/mol. The highest BCUT2D eigenvalue weighted by Gasteiger charge is 2.16. The molecule has 7 heteroatoms. The Bertz CT molecular complexity index is 492.